The second-order valence-electron chi connectivity index (χ2n) is 23.1. The first-order valence-electron chi connectivity index (χ1n) is 33.7. The van der Waals surface area contributed by atoms with E-state index in [1.54, 1.807) is 0 Å². The smallest absolute Gasteiger partial charge is 0.306 e. The van der Waals surface area contributed by atoms with Gasteiger partial charge in [0.15, 0.2) is 6.10 Å². The van der Waals surface area contributed by atoms with E-state index in [4.69, 9.17) is 14.2 Å². The van der Waals surface area contributed by atoms with Crippen LogP contribution in [-0.2, 0) is 28.6 Å². The van der Waals surface area contributed by atoms with Gasteiger partial charge in [0.1, 0.15) is 13.2 Å². The summed E-state index contributed by atoms with van der Waals surface area (Å²) < 4.78 is 16.9. The van der Waals surface area contributed by atoms with E-state index in [-0.39, 0.29) is 31.1 Å². The van der Waals surface area contributed by atoms with E-state index >= 15 is 0 Å². The second kappa shape index (κ2) is 63.7. The highest BCUT2D eigenvalue weighted by molar-refractivity contribution is 5.71. The van der Waals surface area contributed by atoms with Crippen molar-refractivity contribution in [2.45, 2.75) is 393 Å². The molecule has 0 aromatic heterocycles. The predicted octanol–water partition coefficient (Wildman–Crippen LogP) is 22.8. The first-order valence-corrected chi connectivity index (χ1v) is 33.7. The largest absolute Gasteiger partial charge is 0.462 e. The number of rotatable bonds is 63. The first-order chi connectivity index (χ1) is 36.5. The third kappa shape index (κ3) is 61.0. The summed E-state index contributed by atoms with van der Waals surface area (Å²) in [6, 6.07) is 0. The number of ether oxygens (including phenoxy) is 3. The Morgan fingerprint density at radius 2 is 0.459 bits per heavy atom. The average Bonchev–Trinajstić information content (AvgIpc) is 3.40. The number of carbonyl (C=O) groups is 3. The van der Waals surface area contributed by atoms with Crippen molar-refractivity contribution in [2.75, 3.05) is 13.2 Å². The van der Waals surface area contributed by atoms with E-state index in [2.05, 4.69) is 32.9 Å². The van der Waals surface area contributed by atoms with E-state index in [1.165, 1.54) is 283 Å². The molecule has 0 aromatic rings. The number of hydrogen-bond acceptors (Lipinski definition) is 6. The van der Waals surface area contributed by atoms with E-state index in [1.807, 2.05) is 0 Å². The van der Waals surface area contributed by atoms with Crippen LogP contribution < -0.4 is 0 Å². The molecule has 438 valence electrons. The molecule has 0 aliphatic carbocycles. The molecular weight excluding hydrogens is 913 g/mol. The number of carbonyl (C=O) groups excluding carboxylic acids is 3. The zero-order chi connectivity index (χ0) is 53.6. The lowest BCUT2D eigenvalue weighted by atomic mass is 10.0. The zero-order valence-corrected chi connectivity index (χ0v) is 50.4. The van der Waals surface area contributed by atoms with Gasteiger partial charge in [-0.3, -0.25) is 14.4 Å². The Bertz CT molecular complexity index is 1150. The molecule has 0 fully saturated rings. The maximum absolute atomic E-state index is 12.9. The maximum Gasteiger partial charge on any atom is 0.306 e. The minimum atomic E-state index is -0.768. The quantitative estimate of drug-likeness (QED) is 0.0261. The van der Waals surface area contributed by atoms with Gasteiger partial charge in [0, 0.05) is 19.3 Å². The third-order valence-corrected chi connectivity index (χ3v) is 15.5. The summed E-state index contributed by atoms with van der Waals surface area (Å²) in [4.78, 5) is 38.3. The summed E-state index contributed by atoms with van der Waals surface area (Å²) in [5.74, 6) is -0.845. The van der Waals surface area contributed by atoms with Crippen molar-refractivity contribution in [3.63, 3.8) is 0 Å². The van der Waals surface area contributed by atoms with Crippen LogP contribution in [0.2, 0.25) is 0 Å². The van der Waals surface area contributed by atoms with Crippen molar-refractivity contribution < 1.29 is 28.6 Å². The van der Waals surface area contributed by atoms with E-state index in [9.17, 15) is 14.4 Å². The minimum absolute atomic E-state index is 0.0661. The molecule has 0 aromatic carbocycles. The van der Waals surface area contributed by atoms with Gasteiger partial charge in [0.25, 0.3) is 0 Å². The Balaban J connectivity index is 4.15. The monoisotopic (exact) mass is 1040 g/mol. The normalized spacial score (nSPS) is 12.0. The molecule has 0 heterocycles. The molecule has 6 nitrogen and oxygen atoms in total. The molecule has 0 saturated heterocycles. The van der Waals surface area contributed by atoms with Gasteiger partial charge in [0.05, 0.1) is 0 Å². The molecule has 74 heavy (non-hydrogen) atoms. The predicted molar refractivity (Wildman–Crippen MR) is 321 cm³/mol. The molecule has 0 spiro atoms. The van der Waals surface area contributed by atoms with Crippen molar-refractivity contribution >= 4 is 17.9 Å². The van der Waals surface area contributed by atoms with Gasteiger partial charge < -0.3 is 14.2 Å². The van der Waals surface area contributed by atoms with Gasteiger partial charge in [-0.1, -0.05) is 341 Å². The number of esters is 3. The van der Waals surface area contributed by atoms with Crippen molar-refractivity contribution in [2.24, 2.45) is 0 Å². The van der Waals surface area contributed by atoms with Crippen LogP contribution in [0, 0.1) is 0 Å². The summed E-state index contributed by atoms with van der Waals surface area (Å²) in [7, 11) is 0. The summed E-state index contributed by atoms with van der Waals surface area (Å²) in [5.41, 5.74) is 0. The SMILES string of the molecule is CCCC/C=C\CCCCCCCC(=O)OCC(COC(=O)CCCCCCCCCCCCCCCCCCCCCCCCCCCC)OC(=O)CCCCCCCCCCCCCCCCCCCCC. The van der Waals surface area contributed by atoms with E-state index in [0.29, 0.717) is 19.3 Å². The van der Waals surface area contributed by atoms with Crippen molar-refractivity contribution in [1.29, 1.82) is 0 Å². The third-order valence-electron chi connectivity index (χ3n) is 15.5. The summed E-state index contributed by atoms with van der Waals surface area (Å²) >= 11 is 0. The van der Waals surface area contributed by atoms with Crippen molar-refractivity contribution in [1.82, 2.24) is 0 Å². The lowest BCUT2D eigenvalue weighted by Crippen LogP contribution is -2.30. The lowest BCUT2D eigenvalue weighted by Gasteiger charge is -2.18. The fraction of sp³-hybridized carbons (Fsp3) is 0.926. The molecule has 0 rings (SSSR count). The number of hydrogen-bond donors (Lipinski definition) is 0. The lowest BCUT2D eigenvalue weighted by molar-refractivity contribution is -0.167. The van der Waals surface area contributed by atoms with Crippen molar-refractivity contribution in [3.8, 4) is 0 Å². The molecule has 0 N–H and O–H groups in total. The Morgan fingerprint density at radius 3 is 0.716 bits per heavy atom. The Morgan fingerprint density at radius 1 is 0.257 bits per heavy atom. The van der Waals surface area contributed by atoms with Gasteiger partial charge in [0.2, 0.25) is 0 Å². The standard InChI is InChI=1S/C68H130O6/c1-4-7-10-13-16-19-22-24-26-28-30-31-32-33-34-35-36-38-39-41-43-46-49-52-55-58-61-67(70)73-64-65(63-72-66(69)60-57-54-51-48-45-21-18-15-12-9-6-3)74-68(71)62-59-56-53-50-47-44-42-40-37-29-27-25-23-20-17-14-11-8-5-2/h15,18,65H,4-14,16-17,19-64H2,1-3H3/b18-15-. The summed E-state index contributed by atoms with van der Waals surface area (Å²) in [6.45, 7) is 6.68. The van der Waals surface area contributed by atoms with Crippen LogP contribution in [0.5, 0.6) is 0 Å². The highest BCUT2D eigenvalue weighted by Gasteiger charge is 2.19. The first kappa shape index (κ1) is 72.2. The number of unbranched alkanes of at least 4 members (excludes halogenated alkanes) is 50. The van der Waals surface area contributed by atoms with Crippen LogP contribution in [0.4, 0.5) is 0 Å². The molecule has 1 atom stereocenters. The van der Waals surface area contributed by atoms with Gasteiger partial charge in [-0.05, 0) is 38.5 Å². The molecule has 0 saturated carbocycles. The van der Waals surface area contributed by atoms with Crippen LogP contribution in [-0.4, -0.2) is 37.2 Å². The molecule has 0 bridgehead atoms. The second-order valence-corrected chi connectivity index (χ2v) is 23.1. The molecule has 6 heteroatoms. The molecule has 0 aliphatic heterocycles. The molecular formula is C68H130O6. The van der Waals surface area contributed by atoms with Crippen LogP contribution in [0.3, 0.4) is 0 Å². The highest BCUT2D eigenvalue weighted by atomic mass is 16.6. The van der Waals surface area contributed by atoms with Crippen LogP contribution in [0.1, 0.15) is 387 Å². The Labute approximate surface area is 462 Å². The molecule has 0 aliphatic rings. The zero-order valence-electron chi connectivity index (χ0n) is 50.4. The summed E-state index contributed by atoms with van der Waals surface area (Å²) in [5, 5.41) is 0. The van der Waals surface area contributed by atoms with Crippen LogP contribution in [0.25, 0.3) is 0 Å². The fourth-order valence-electron chi connectivity index (χ4n) is 10.4. The van der Waals surface area contributed by atoms with Gasteiger partial charge >= 0.3 is 17.9 Å². The van der Waals surface area contributed by atoms with Crippen LogP contribution in [0.15, 0.2) is 12.2 Å². The maximum atomic E-state index is 12.9. The number of allylic oxidation sites excluding steroid dienone is 2. The van der Waals surface area contributed by atoms with Gasteiger partial charge in [-0.15, -0.1) is 0 Å². The van der Waals surface area contributed by atoms with Crippen LogP contribution >= 0.6 is 0 Å². The topological polar surface area (TPSA) is 78.9 Å². The fourth-order valence-corrected chi connectivity index (χ4v) is 10.4. The highest BCUT2D eigenvalue weighted by Crippen LogP contribution is 2.19. The minimum Gasteiger partial charge on any atom is -0.462 e. The van der Waals surface area contributed by atoms with Crippen molar-refractivity contribution in [3.05, 3.63) is 12.2 Å². The van der Waals surface area contributed by atoms with E-state index < -0.39 is 6.10 Å². The van der Waals surface area contributed by atoms with E-state index in [0.717, 1.165) is 64.2 Å². The average molecular weight is 1040 g/mol. The molecule has 1 unspecified atom stereocenters. The molecule has 0 radical (unpaired) electrons. The van der Waals surface area contributed by atoms with Gasteiger partial charge in [-0.2, -0.15) is 0 Å². The van der Waals surface area contributed by atoms with Gasteiger partial charge in [-0.25, -0.2) is 0 Å². The Kier molecular flexibility index (Phi) is 62.1. The molecule has 0 amide bonds. The Hall–Kier alpha value is -1.85. The summed E-state index contributed by atoms with van der Waals surface area (Å²) in [6.07, 6.45) is 75.3.